The highest BCUT2D eigenvalue weighted by Gasteiger charge is 2.17. The maximum Gasteiger partial charge on any atom is 0.294 e. The molecule has 38 heavy (non-hydrogen) atoms. The fraction of sp³-hybridized carbons (Fsp3) is 0.148. The quantitative estimate of drug-likeness (QED) is 0.235. The maximum atomic E-state index is 14.5. The van der Waals surface area contributed by atoms with Crippen molar-refractivity contribution < 1.29 is 27.8 Å². The van der Waals surface area contributed by atoms with Gasteiger partial charge in [-0.25, -0.2) is 13.9 Å². The summed E-state index contributed by atoms with van der Waals surface area (Å²) in [6, 6.07) is 13.7. The summed E-state index contributed by atoms with van der Waals surface area (Å²) in [4.78, 5) is 9.63. The minimum Gasteiger partial charge on any atom is -0.496 e. The summed E-state index contributed by atoms with van der Waals surface area (Å²) in [5.41, 5.74) is 3.10. The average Bonchev–Trinajstić information content (AvgIpc) is 3.64. The molecule has 0 atom stereocenters. The van der Waals surface area contributed by atoms with Crippen LogP contribution in [0, 0.1) is 5.82 Å². The van der Waals surface area contributed by atoms with E-state index in [0.29, 0.717) is 61.3 Å². The van der Waals surface area contributed by atoms with Crippen LogP contribution < -0.4 is 18.9 Å². The monoisotopic (exact) mass is 532 g/mol. The van der Waals surface area contributed by atoms with Crippen LogP contribution >= 0.6 is 11.3 Å². The Balaban J connectivity index is 1.30. The van der Waals surface area contributed by atoms with E-state index in [9.17, 15) is 4.39 Å². The second kappa shape index (κ2) is 9.67. The second-order valence-corrected chi connectivity index (χ2v) is 9.21. The molecule has 0 radical (unpaired) electrons. The molecule has 4 heterocycles. The number of fused-ring (bicyclic) bond motifs is 2. The van der Waals surface area contributed by atoms with Gasteiger partial charge >= 0.3 is 0 Å². The fourth-order valence-corrected chi connectivity index (χ4v) is 4.74. The van der Waals surface area contributed by atoms with Crippen molar-refractivity contribution in [1.82, 2.24) is 19.6 Å². The number of rotatable bonds is 8. The lowest BCUT2D eigenvalue weighted by molar-refractivity contribution is 0.307. The van der Waals surface area contributed by atoms with E-state index in [2.05, 4.69) is 15.1 Å². The van der Waals surface area contributed by atoms with Gasteiger partial charge in [0.25, 0.3) is 5.19 Å². The van der Waals surface area contributed by atoms with Crippen molar-refractivity contribution in [3.05, 3.63) is 72.3 Å². The molecule has 0 spiro atoms. The first kappa shape index (κ1) is 23.7. The molecule has 0 fully saturated rings. The molecule has 0 saturated carbocycles. The molecule has 0 unspecified atom stereocenters. The predicted molar refractivity (Wildman–Crippen MR) is 140 cm³/mol. The Morgan fingerprint density at radius 1 is 0.947 bits per heavy atom. The molecule has 0 N–H and O–H groups in total. The standard InChI is InChI=1S/C27H21FN4O5S/c1-33-18-4-5-21(29-12-18)16-6-15(7-17(28)8-16)14-36-23-9-19(34-2)10-24-20(23)11-25(37-24)22-13-32-26(30-22)38-27(31-32)35-3/h4-13H,14H2,1-3H3. The van der Waals surface area contributed by atoms with Gasteiger partial charge in [-0.15, -0.1) is 5.10 Å². The SMILES string of the molecule is COc1ccc(-c2cc(F)cc(COc3cc(OC)cc4oc(-c5cn6nc(OC)sc6n5)cc34)c2)nc1. The highest BCUT2D eigenvalue weighted by atomic mass is 32.1. The number of ether oxygens (including phenoxy) is 4. The molecule has 11 heteroatoms. The van der Waals surface area contributed by atoms with E-state index >= 15 is 0 Å². The number of halogens is 1. The minimum absolute atomic E-state index is 0.119. The van der Waals surface area contributed by atoms with Crippen LogP contribution in [0.3, 0.4) is 0 Å². The maximum absolute atomic E-state index is 14.5. The van der Waals surface area contributed by atoms with E-state index in [-0.39, 0.29) is 12.4 Å². The van der Waals surface area contributed by atoms with Crippen molar-refractivity contribution in [3.63, 3.8) is 0 Å². The number of pyridine rings is 1. The molecule has 192 valence electrons. The second-order valence-electron chi connectivity index (χ2n) is 8.29. The lowest BCUT2D eigenvalue weighted by Crippen LogP contribution is -1.98. The third-order valence-electron chi connectivity index (χ3n) is 5.88. The summed E-state index contributed by atoms with van der Waals surface area (Å²) in [5.74, 6) is 1.89. The van der Waals surface area contributed by atoms with Gasteiger partial charge in [-0.3, -0.25) is 4.98 Å². The van der Waals surface area contributed by atoms with Crippen LogP contribution in [0.15, 0.2) is 65.3 Å². The van der Waals surface area contributed by atoms with Crippen LogP contribution in [-0.4, -0.2) is 40.9 Å². The fourth-order valence-electron chi connectivity index (χ4n) is 4.04. The molecule has 0 aliphatic rings. The van der Waals surface area contributed by atoms with E-state index in [1.165, 1.54) is 23.5 Å². The zero-order valence-electron chi connectivity index (χ0n) is 20.6. The van der Waals surface area contributed by atoms with Gasteiger partial charge in [0.15, 0.2) is 5.76 Å². The Bertz CT molecular complexity index is 1730. The molecular weight excluding hydrogens is 511 g/mol. The number of methoxy groups -OCH3 is 3. The number of benzene rings is 2. The number of furan rings is 1. The first-order valence-corrected chi connectivity index (χ1v) is 12.3. The Labute approximate surface area is 220 Å². The molecule has 0 amide bonds. The van der Waals surface area contributed by atoms with Crippen molar-refractivity contribution in [3.8, 4) is 45.2 Å². The van der Waals surface area contributed by atoms with Crippen molar-refractivity contribution >= 4 is 27.3 Å². The number of hydrogen-bond acceptors (Lipinski definition) is 9. The molecule has 6 aromatic rings. The van der Waals surface area contributed by atoms with E-state index in [1.54, 1.807) is 62.5 Å². The van der Waals surface area contributed by atoms with Gasteiger partial charge in [-0.2, -0.15) is 0 Å². The third kappa shape index (κ3) is 4.48. The molecular formula is C27H21FN4O5S. The van der Waals surface area contributed by atoms with Crippen LogP contribution in [0.25, 0.3) is 38.6 Å². The minimum atomic E-state index is -0.384. The average molecular weight is 533 g/mol. The summed E-state index contributed by atoms with van der Waals surface area (Å²) in [5, 5.41) is 5.56. The van der Waals surface area contributed by atoms with Gasteiger partial charge < -0.3 is 23.4 Å². The van der Waals surface area contributed by atoms with Crippen molar-refractivity contribution in [2.24, 2.45) is 0 Å². The molecule has 0 aliphatic carbocycles. The normalized spacial score (nSPS) is 11.3. The largest absolute Gasteiger partial charge is 0.496 e. The molecule has 0 saturated heterocycles. The van der Waals surface area contributed by atoms with Crippen LogP contribution in [0.2, 0.25) is 0 Å². The molecule has 9 nitrogen and oxygen atoms in total. The van der Waals surface area contributed by atoms with Gasteiger partial charge in [0.05, 0.1) is 44.8 Å². The lowest BCUT2D eigenvalue weighted by Gasteiger charge is -2.11. The van der Waals surface area contributed by atoms with Crippen molar-refractivity contribution in [2.45, 2.75) is 6.61 Å². The molecule has 0 bridgehead atoms. The van der Waals surface area contributed by atoms with E-state index in [4.69, 9.17) is 23.4 Å². The number of hydrogen-bond donors (Lipinski definition) is 0. The van der Waals surface area contributed by atoms with Crippen LogP contribution in [0.5, 0.6) is 22.4 Å². The molecule has 6 rings (SSSR count). The zero-order valence-corrected chi connectivity index (χ0v) is 21.4. The van der Waals surface area contributed by atoms with Gasteiger partial charge in [0, 0.05) is 17.7 Å². The van der Waals surface area contributed by atoms with E-state index in [1.807, 2.05) is 12.1 Å². The Hall–Kier alpha value is -4.64. The number of aromatic nitrogens is 4. The predicted octanol–water partition coefficient (Wildman–Crippen LogP) is 6.01. The summed E-state index contributed by atoms with van der Waals surface area (Å²) in [6.07, 6.45) is 3.36. The highest BCUT2D eigenvalue weighted by Crippen LogP contribution is 2.38. The van der Waals surface area contributed by atoms with Crippen LogP contribution in [0.1, 0.15) is 5.56 Å². The van der Waals surface area contributed by atoms with Crippen LogP contribution in [0.4, 0.5) is 4.39 Å². The first-order valence-electron chi connectivity index (χ1n) is 11.5. The van der Waals surface area contributed by atoms with Gasteiger partial charge in [0.1, 0.15) is 40.9 Å². The van der Waals surface area contributed by atoms with Gasteiger partial charge in [0.2, 0.25) is 4.96 Å². The topological polar surface area (TPSA) is 93.1 Å². The lowest BCUT2D eigenvalue weighted by atomic mass is 10.1. The number of imidazole rings is 1. The number of nitrogens with zero attached hydrogens (tertiary/aromatic N) is 4. The Morgan fingerprint density at radius 2 is 1.82 bits per heavy atom. The molecule has 0 aliphatic heterocycles. The Morgan fingerprint density at radius 3 is 2.55 bits per heavy atom. The summed E-state index contributed by atoms with van der Waals surface area (Å²) >= 11 is 1.33. The zero-order chi connectivity index (χ0) is 26.2. The molecule has 2 aromatic carbocycles. The van der Waals surface area contributed by atoms with Gasteiger partial charge in [-0.1, -0.05) is 0 Å². The van der Waals surface area contributed by atoms with Gasteiger partial charge in [-0.05, 0) is 53.3 Å². The van der Waals surface area contributed by atoms with Crippen LogP contribution in [-0.2, 0) is 6.61 Å². The Kier molecular flexibility index (Phi) is 6.04. The summed E-state index contributed by atoms with van der Waals surface area (Å²) < 4.78 is 44.1. The summed E-state index contributed by atoms with van der Waals surface area (Å²) in [7, 11) is 4.70. The van der Waals surface area contributed by atoms with E-state index < -0.39 is 0 Å². The first-order chi connectivity index (χ1) is 18.5. The third-order valence-corrected chi connectivity index (χ3v) is 6.76. The van der Waals surface area contributed by atoms with Crippen molar-refractivity contribution in [1.29, 1.82) is 0 Å². The van der Waals surface area contributed by atoms with E-state index in [0.717, 1.165) is 5.39 Å². The molecule has 4 aromatic heterocycles. The smallest absolute Gasteiger partial charge is 0.294 e. The summed E-state index contributed by atoms with van der Waals surface area (Å²) in [6.45, 7) is 0.119. The van der Waals surface area contributed by atoms with Crippen molar-refractivity contribution in [2.75, 3.05) is 21.3 Å². The highest BCUT2D eigenvalue weighted by molar-refractivity contribution is 7.18.